The maximum Gasteiger partial charge on any atom is 0.115 e. The number of hydrogen-bond donors (Lipinski definition) is 1. The Morgan fingerprint density at radius 3 is 2.82 bits per heavy atom. The van der Waals surface area contributed by atoms with Gasteiger partial charge < -0.3 is 5.11 Å². The molecule has 1 aromatic rings. The van der Waals surface area contributed by atoms with Gasteiger partial charge in [0, 0.05) is 6.04 Å². The van der Waals surface area contributed by atoms with Crippen LogP contribution in [-0.2, 0) is 0 Å². The maximum atomic E-state index is 9.63. The summed E-state index contributed by atoms with van der Waals surface area (Å²) in [6.45, 7) is 2.56. The normalized spacial score (nSPS) is 29.9. The van der Waals surface area contributed by atoms with E-state index in [0.717, 1.165) is 6.04 Å². The van der Waals surface area contributed by atoms with Crippen molar-refractivity contribution >= 4 is 0 Å². The molecule has 2 heterocycles. The van der Waals surface area contributed by atoms with E-state index in [1.165, 1.54) is 50.8 Å². The molecule has 0 unspecified atom stereocenters. The summed E-state index contributed by atoms with van der Waals surface area (Å²) in [5.74, 6) is 1.05. The van der Waals surface area contributed by atoms with Crippen LogP contribution in [0.3, 0.4) is 0 Å². The highest BCUT2D eigenvalue weighted by Gasteiger charge is 2.33. The van der Waals surface area contributed by atoms with Crippen molar-refractivity contribution in [3.8, 4) is 5.75 Å². The minimum atomic E-state index is 0.412. The average molecular weight is 231 g/mol. The monoisotopic (exact) mass is 231 g/mol. The molecule has 0 aromatic heterocycles. The van der Waals surface area contributed by atoms with E-state index in [0.29, 0.717) is 11.7 Å². The molecule has 2 atom stereocenters. The minimum Gasteiger partial charge on any atom is -0.508 e. The fourth-order valence-electron chi connectivity index (χ4n) is 3.60. The van der Waals surface area contributed by atoms with Crippen LogP contribution in [0.2, 0.25) is 0 Å². The van der Waals surface area contributed by atoms with E-state index in [9.17, 15) is 5.11 Å². The number of aromatic hydroxyl groups is 1. The van der Waals surface area contributed by atoms with Crippen LogP contribution in [-0.4, -0.2) is 29.1 Å². The van der Waals surface area contributed by atoms with E-state index in [-0.39, 0.29) is 0 Å². The molecule has 0 aliphatic carbocycles. The quantitative estimate of drug-likeness (QED) is 0.802. The topological polar surface area (TPSA) is 23.5 Å². The van der Waals surface area contributed by atoms with Crippen molar-refractivity contribution in [1.82, 2.24) is 4.90 Å². The Kier molecular flexibility index (Phi) is 3.06. The highest BCUT2D eigenvalue weighted by Crippen LogP contribution is 2.38. The molecule has 17 heavy (non-hydrogen) atoms. The van der Waals surface area contributed by atoms with E-state index in [4.69, 9.17) is 0 Å². The summed E-state index contributed by atoms with van der Waals surface area (Å²) >= 11 is 0. The smallest absolute Gasteiger partial charge is 0.115 e. The van der Waals surface area contributed by atoms with Crippen molar-refractivity contribution < 1.29 is 5.11 Å². The Morgan fingerprint density at radius 1 is 1.06 bits per heavy atom. The number of nitrogens with zero attached hydrogens (tertiary/aromatic N) is 1. The lowest BCUT2D eigenvalue weighted by Crippen LogP contribution is -2.46. The SMILES string of the molecule is Oc1cccc([C@H]2CCCN3CCCC[C@@H]23)c1. The Labute approximate surface area is 103 Å². The predicted octanol–water partition coefficient (Wildman–Crippen LogP) is 3.12. The molecule has 2 aliphatic rings. The van der Waals surface area contributed by atoms with E-state index in [1.54, 1.807) is 6.07 Å². The second kappa shape index (κ2) is 4.69. The fourth-order valence-corrected chi connectivity index (χ4v) is 3.60. The molecule has 2 aliphatic heterocycles. The standard InChI is InChI=1S/C15H21NO/c17-13-6-3-5-12(11-13)14-7-4-10-16-9-2-1-8-15(14)16/h3,5-6,11,14-15,17H,1-2,4,7-10H2/t14-,15+/m1/s1. The van der Waals surface area contributed by atoms with Crippen molar-refractivity contribution in [3.63, 3.8) is 0 Å². The molecule has 2 fully saturated rings. The van der Waals surface area contributed by atoms with Gasteiger partial charge in [-0.3, -0.25) is 4.90 Å². The molecular formula is C15H21NO. The zero-order valence-corrected chi connectivity index (χ0v) is 10.3. The lowest BCUT2D eigenvalue weighted by molar-refractivity contribution is 0.0893. The molecule has 0 saturated carbocycles. The Hall–Kier alpha value is -1.02. The number of phenolic OH excluding ortho intramolecular Hbond substituents is 1. The van der Waals surface area contributed by atoms with Gasteiger partial charge >= 0.3 is 0 Å². The van der Waals surface area contributed by atoms with Gasteiger partial charge in [-0.05, 0) is 62.4 Å². The maximum absolute atomic E-state index is 9.63. The number of benzene rings is 1. The van der Waals surface area contributed by atoms with Gasteiger partial charge in [0.2, 0.25) is 0 Å². The van der Waals surface area contributed by atoms with Crippen LogP contribution in [0.5, 0.6) is 5.75 Å². The van der Waals surface area contributed by atoms with Crippen LogP contribution in [0, 0.1) is 0 Å². The first kappa shape index (κ1) is 11.1. The van der Waals surface area contributed by atoms with Gasteiger partial charge in [-0.25, -0.2) is 0 Å². The minimum absolute atomic E-state index is 0.412. The zero-order valence-electron chi connectivity index (χ0n) is 10.3. The summed E-state index contributed by atoms with van der Waals surface area (Å²) in [4.78, 5) is 2.67. The summed E-state index contributed by atoms with van der Waals surface area (Å²) in [5.41, 5.74) is 1.33. The third kappa shape index (κ3) is 2.19. The van der Waals surface area contributed by atoms with Crippen molar-refractivity contribution in [2.75, 3.05) is 13.1 Å². The zero-order chi connectivity index (χ0) is 11.7. The predicted molar refractivity (Wildman–Crippen MR) is 69.3 cm³/mol. The van der Waals surface area contributed by atoms with E-state index < -0.39 is 0 Å². The molecule has 2 heteroatoms. The van der Waals surface area contributed by atoms with Crippen LogP contribution in [0.1, 0.15) is 43.6 Å². The number of piperidine rings is 2. The first-order valence-electron chi connectivity index (χ1n) is 6.87. The van der Waals surface area contributed by atoms with Gasteiger partial charge in [0.15, 0.2) is 0 Å². The number of rotatable bonds is 1. The number of fused-ring (bicyclic) bond motifs is 1. The van der Waals surface area contributed by atoms with E-state index in [1.807, 2.05) is 12.1 Å². The van der Waals surface area contributed by atoms with Crippen molar-refractivity contribution in [2.24, 2.45) is 0 Å². The Morgan fingerprint density at radius 2 is 1.94 bits per heavy atom. The van der Waals surface area contributed by atoms with Gasteiger partial charge in [0.05, 0.1) is 0 Å². The van der Waals surface area contributed by atoms with E-state index >= 15 is 0 Å². The van der Waals surface area contributed by atoms with Gasteiger partial charge in [-0.2, -0.15) is 0 Å². The Balaban J connectivity index is 1.85. The molecule has 3 rings (SSSR count). The summed E-state index contributed by atoms with van der Waals surface area (Å²) in [6, 6.07) is 8.61. The van der Waals surface area contributed by atoms with Crippen LogP contribution >= 0.6 is 0 Å². The van der Waals surface area contributed by atoms with Crippen molar-refractivity contribution in [2.45, 2.75) is 44.1 Å². The molecule has 2 nitrogen and oxygen atoms in total. The molecule has 1 aromatic carbocycles. The molecule has 0 amide bonds. The highest BCUT2D eigenvalue weighted by molar-refractivity contribution is 5.31. The number of hydrogen-bond acceptors (Lipinski definition) is 2. The van der Waals surface area contributed by atoms with Crippen LogP contribution in [0.4, 0.5) is 0 Å². The molecular weight excluding hydrogens is 210 g/mol. The Bertz CT molecular complexity index is 388. The third-order valence-electron chi connectivity index (χ3n) is 4.39. The number of phenols is 1. The van der Waals surface area contributed by atoms with Gasteiger partial charge in [0.25, 0.3) is 0 Å². The lowest BCUT2D eigenvalue weighted by atomic mass is 9.79. The van der Waals surface area contributed by atoms with Crippen LogP contribution < -0.4 is 0 Å². The summed E-state index contributed by atoms with van der Waals surface area (Å²) in [7, 11) is 0. The first-order chi connectivity index (χ1) is 8.34. The fraction of sp³-hybridized carbons (Fsp3) is 0.600. The first-order valence-corrected chi connectivity index (χ1v) is 6.87. The lowest BCUT2D eigenvalue weighted by Gasteiger charge is -2.44. The largest absolute Gasteiger partial charge is 0.508 e. The molecule has 2 saturated heterocycles. The highest BCUT2D eigenvalue weighted by atomic mass is 16.3. The molecule has 1 N–H and O–H groups in total. The second-order valence-corrected chi connectivity index (χ2v) is 5.44. The van der Waals surface area contributed by atoms with Crippen molar-refractivity contribution in [1.29, 1.82) is 0 Å². The average Bonchev–Trinajstić information content (AvgIpc) is 2.38. The van der Waals surface area contributed by atoms with Gasteiger partial charge in [-0.15, -0.1) is 0 Å². The van der Waals surface area contributed by atoms with Crippen LogP contribution in [0.25, 0.3) is 0 Å². The molecule has 92 valence electrons. The molecule has 0 bridgehead atoms. The van der Waals surface area contributed by atoms with Crippen molar-refractivity contribution in [3.05, 3.63) is 29.8 Å². The second-order valence-electron chi connectivity index (χ2n) is 5.44. The van der Waals surface area contributed by atoms with E-state index in [2.05, 4.69) is 11.0 Å². The summed E-state index contributed by atoms with van der Waals surface area (Å²) in [6.07, 6.45) is 6.65. The van der Waals surface area contributed by atoms with Crippen LogP contribution in [0.15, 0.2) is 24.3 Å². The molecule has 0 spiro atoms. The van der Waals surface area contributed by atoms with Gasteiger partial charge in [0.1, 0.15) is 5.75 Å². The summed E-state index contributed by atoms with van der Waals surface area (Å²) in [5, 5.41) is 9.63. The third-order valence-corrected chi connectivity index (χ3v) is 4.39. The van der Waals surface area contributed by atoms with Gasteiger partial charge in [-0.1, -0.05) is 18.6 Å². The molecule has 0 radical (unpaired) electrons. The summed E-state index contributed by atoms with van der Waals surface area (Å²) < 4.78 is 0.